The van der Waals surface area contributed by atoms with Crippen molar-refractivity contribution in [3.05, 3.63) is 99.0 Å². The van der Waals surface area contributed by atoms with Crippen LogP contribution in [-0.4, -0.2) is 30.9 Å². The van der Waals surface area contributed by atoms with Crippen molar-refractivity contribution in [2.24, 2.45) is 11.8 Å². The second-order valence-corrected chi connectivity index (χ2v) is 10.5. The Morgan fingerprint density at radius 2 is 1.26 bits per heavy atom. The Kier molecular flexibility index (Phi) is 7.31. The number of anilines is 1. The maximum absolute atomic E-state index is 14.2. The average molecular weight is 631 g/mol. The highest BCUT2D eigenvalue weighted by Gasteiger charge is 2.68. The molecule has 2 saturated heterocycles. The maximum Gasteiger partial charge on any atom is 0.416 e. The SMILES string of the molecule is COC(=O)[C@@H]1NC(c2ccc(C(F)(F)F)cc2)(c2ccc(C(F)(F)F)cc2)[C@H]2C(=O)N(c3c(Cl)cccc3Cl)C(=O)[C@@H]12. The van der Waals surface area contributed by atoms with Crippen LogP contribution in [0, 0.1) is 11.8 Å². The second-order valence-electron chi connectivity index (χ2n) is 9.69. The summed E-state index contributed by atoms with van der Waals surface area (Å²) in [6.45, 7) is 0. The molecule has 2 aliphatic heterocycles. The molecule has 2 heterocycles. The lowest BCUT2D eigenvalue weighted by molar-refractivity contribution is -0.145. The first-order chi connectivity index (χ1) is 19.6. The number of para-hydroxylation sites is 1. The van der Waals surface area contributed by atoms with E-state index in [0.29, 0.717) is 4.90 Å². The third-order valence-electron chi connectivity index (χ3n) is 7.51. The van der Waals surface area contributed by atoms with E-state index < -0.39 is 64.7 Å². The minimum Gasteiger partial charge on any atom is -0.468 e. The van der Waals surface area contributed by atoms with Crippen LogP contribution in [-0.2, 0) is 37.0 Å². The van der Waals surface area contributed by atoms with Crippen LogP contribution in [0.5, 0.6) is 0 Å². The maximum atomic E-state index is 14.2. The summed E-state index contributed by atoms with van der Waals surface area (Å²) in [4.78, 5) is 41.8. The van der Waals surface area contributed by atoms with E-state index in [1.165, 1.54) is 18.2 Å². The first-order valence-electron chi connectivity index (χ1n) is 12.2. The van der Waals surface area contributed by atoms with Gasteiger partial charge in [-0.2, -0.15) is 26.3 Å². The van der Waals surface area contributed by atoms with Gasteiger partial charge in [0.1, 0.15) is 6.04 Å². The van der Waals surface area contributed by atoms with Crippen LogP contribution < -0.4 is 10.2 Å². The summed E-state index contributed by atoms with van der Waals surface area (Å²) in [6, 6.07) is 9.72. The van der Waals surface area contributed by atoms with E-state index in [-0.39, 0.29) is 26.9 Å². The Bertz CT molecular complexity index is 1500. The fourth-order valence-electron chi connectivity index (χ4n) is 5.70. The summed E-state index contributed by atoms with van der Waals surface area (Å²) in [5, 5.41) is 2.73. The standard InChI is InChI=1S/C28H18Cl2F6N2O4/c1-42-25(41)21-19-20(24(40)38(23(19)39)22-17(29)3-2-4-18(22)30)26(37-21,13-5-9-15(10-6-13)27(31,32)33)14-7-11-16(12-8-14)28(34,35)36/h2-12,19-21,37H,1H3/t19-,20-,21-/m1/s1. The Balaban J connectivity index is 1.78. The fraction of sp³-hybridized carbons (Fsp3) is 0.250. The lowest BCUT2D eigenvalue weighted by atomic mass is 9.71. The number of rotatable bonds is 4. The zero-order chi connectivity index (χ0) is 30.8. The van der Waals surface area contributed by atoms with E-state index in [1.807, 2.05) is 0 Å². The van der Waals surface area contributed by atoms with Gasteiger partial charge < -0.3 is 4.74 Å². The Morgan fingerprint density at radius 1 is 0.810 bits per heavy atom. The number of halogens is 8. The number of methoxy groups -OCH3 is 1. The lowest BCUT2D eigenvalue weighted by Gasteiger charge is -2.36. The van der Waals surface area contributed by atoms with E-state index in [2.05, 4.69) is 5.32 Å². The van der Waals surface area contributed by atoms with E-state index in [0.717, 1.165) is 55.6 Å². The number of fused-ring (bicyclic) bond motifs is 1. The molecule has 0 spiro atoms. The molecule has 5 rings (SSSR count). The highest BCUT2D eigenvalue weighted by molar-refractivity contribution is 6.42. The molecule has 0 saturated carbocycles. The molecule has 3 aromatic rings. The van der Waals surface area contributed by atoms with Gasteiger partial charge in [-0.1, -0.05) is 53.5 Å². The molecule has 220 valence electrons. The van der Waals surface area contributed by atoms with Crippen LogP contribution in [0.4, 0.5) is 32.0 Å². The Labute approximate surface area is 244 Å². The molecule has 0 aliphatic carbocycles. The normalized spacial score (nSPS) is 21.9. The van der Waals surface area contributed by atoms with Gasteiger partial charge in [0.25, 0.3) is 0 Å². The van der Waals surface area contributed by atoms with Crippen molar-refractivity contribution in [3.8, 4) is 0 Å². The Morgan fingerprint density at radius 3 is 1.67 bits per heavy atom. The van der Waals surface area contributed by atoms with Gasteiger partial charge in [-0.15, -0.1) is 0 Å². The summed E-state index contributed by atoms with van der Waals surface area (Å²) in [5.74, 6) is -5.88. The van der Waals surface area contributed by atoms with Crippen molar-refractivity contribution in [2.75, 3.05) is 12.0 Å². The van der Waals surface area contributed by atoms with Crippen LogP contribution in [0.25, 0.3) is 0 Å². The highest BCUT2D eigenvalue weighted by Crippen LogP contribution is 2.54. The number of esters is 1. The van der Waals surface area contributed by atoms with Crippen molar-refractivity contribution in [1.29, 1.82) is 0 Å². The second kappa shape index (κ2) is 10.3. The van der Waals surface area contributed by atoms with Gasteiger partial charge in [0.2, 0.25) is 11.8 Å². The molecule has 6 nitrogen and oxygen atoms in total. The van der Waals surface area contributed by atoms with Crippen LogP contribution in [0.1, 0.15) is 22.3 Å². The lowest BCUT2D eigenvalue weighted by Crippen LogP contribution is -2.52. The number of carbonyl (C=O) groups is 3. The molecule has 14 heteroatoms. The first-order valence-corrected chi connectivity index (χ1v) is 12.9. The molecule has 3 aromatic carbocycles. The van der Waals surface area contributed by atoms with E-state index in [4.69, 9.17) is 27.9 Å². The van der Waals surface area contributed by atoms with Crippen molar-refractivity contribution < 1.29 is 45.5 Å². The molecular formula is C28H18Cl2F6N2O4. The zero-order valence-corrected chi connectivity index (χ0v) is 22.7. The number of nitrogens with one attached hydrogen (secondary N) is 1. The number of imide groups is 1. The van der Waals surface area contributed by atoms with Gasteiger partial charge in [0, 0.05) is 0 Å². The van der Waals surface area contributed by atoms with Crippen LogP contribution >= 0.6 is 23.2 Å². The molecule has 0 unspecified atom stereocenters. The largest absolute Gasteiger partial charge is 0.468 e. The van der Waals surface area contributed by atoms with Gasteiger partial charge in [-0.05, 0) is 47.5 Å². The molecule has 3 atom stereocenters. The number of ether oxygens (including phenoxy) is 1. The van der Waals surface area contributed by atoms with Crippen molar-refractivity contribution in [1.82, 2.24) is 5.32 Å². The summed E-state index contributed by atoms with van der Waals surface area (Å²) >= 11 is 12.6. The van der Waals surface area contributed by atoms with E-state index in [9.17, 15) is 40.7 Å². The molecule has 0 radical (unpaired) electrons. The number of alkyl halides is 6. The number of hydrogen-bond donors (Lipinski definition) is 1. The number of hydrogen-bond acceptors (Lipinski definition) is 5. The van der Waals surface area contributed by atoms with E-state index >= 15 is 0 Å². The van der Waals surface area contributed by atoms with Gasteiger partial charge in [-0.3, -0.25) is 19.7 Å². The van der Waals surface area contributed by atoms with Crippen LogP contribution in [0.3, 0.4) is 0 Å². The van der Waals surface area contributed by atoms with Crippen molar-refractivity contribution in [3.63, 3.8) is 0 Å². The number of carbonyl (C=O) groups excluding carboxylic acids is 3. The summed E-state index contributed by atoms with van der Waals surface area (Å²) in [7, 11) is 1.03. The molecule has 0 aromatic heterocycles. The first kappa shape index (κ1) is 29.9. The molecular weight excluding hydrogens is 613 g/mol. The minimum absolute atomic E-state index is 0.0232. The fourth-order valence-corrected chi connectivity index (χ4v) is 6.27. The van der Waals surface area contributed by atoms with Gasteiger partial charge >= 0.3 is 18.3 Å². The monoisotopic (exact) mass is 630 g/mol. The third kappa shape index (κ3) is 4.61. The summed E-state index contributed by atoms with van der Waals surface area (Å²) in [6.07, 6.45) is -9.45. The highest BCUT2D eigenvalue weighted by atomic mass is 35.5. The smallest absolute Gasteiger partial charge is 0.416 e. The minimum atomic E-state index is -4.73. The molecule has 42 heavy (non-hydrogen) atoms. The third-order valence-corrected chi connectivity index (χ3v) is 8.12. The quantitative estimate of drug-likeness (QED) is 0.210. The molecule has 1 N–H and O–H groups in total. The number of nitrogens with zero attached hydrogens (tertiary/aromatic N) is 1. The molecule has 2 amide bonds. The Hall–Kier alpha value is -3.61. The molecule has 2 aliphatic rings. The van der Waals surface area contributed by atoms with Crippen molar-refractivity contribution >= 4 is 46.7 Å². The molecule has 2 fully saturated rings. The molecule has 0 bridgehead atoms. The summed E-state index contributed by atoms with van der Waals surface area (Å²) in [5.41, 5.74) is -4.26. The number of benzene rings is 3. The van der Waals surface area contributed by atoms with Crippen LogP contribution in [0.2, 0.25) is 10.0 Å². The predicted molar refractivity (Wildman–Crippen MR) is 139 cm³/mol. The van der Waals surface area contributed by atoms with E-state index in [1.54, 1.807) is 0 Å². The van der Waals surface area contributed by atoms with Gasteiger partial charge in [0.05, 0.1) is 51.3 Å². The average Bonchev–Trinajstić information content (AvgIpc) is 3.42. The predicted octanol–water partition coefficient (Wildman–Crippen LogP) is 6.23. The van der Waals surface area contributed by atoms with Gasteiger partial charge in [0.15, 0.2) is 0 Å². The summed E-state index contributed by atoms with van der Waals surface area (Å²) < 4.78 is 85.4. The van der Waals surface area contributed by atoms with Crippen LogP contribution in [0.15, 0.2) is 66.7 Å². The van der Waals surface area contributed by atoms with Crippen molar-refractivity contribution in [2.45, 2.75) is 23.9 Å². The topological polar surface area (TPSA) is 75.7 Å². The van der Waals surface area contributed by atoms with Gasteiger partial charge in [-0.25, -0.2) is 4.90 Å². The number of amides is 2. The zero-order valence-electron chi connectivity index (χ0n) is 21.2.